The van der Waals surface area contributed by atoms with E-state index in [1.165, 1.54) is 0 Å². The van der Waals surface area contributed by atoms with Crippen LogP contribution in [0.1, 0.15) is 46.0 Å². The Bertz CT molecular complexity index is 958. The summed E-state index contributed by atoms with van der Waals surface area (Å²) in [5, 5.41) is 40.3. The summed E-state index contributed by atoms with van der Waals surface area (Å²) in [6, 6.07) is 0. The van der Waals surface area contributed by atoms with Crippen molar-refractivity contribution in [3.8, 4) is 0 Å². The number of hydrogen-bond donors (Lipinski definition) is 4. The minimum absolute atomic E-state index is 0.00638. The molecule has 0 radical (unpaired) electrons. The van der Waals surface area contributed by atoms with Crippen molar-refractivity contribution in [3.05, 3.63) is 23.3 Å². The lowest BCUT2D eigenvalue weighted by atomic mass is 9.46. The maximum Gasteiger partial charge on any atom is 0.334 e. The largest absolute Gasteiger partial charge is 0.461 e. The fourth-order valence-electron chi connectivity index (χ4n) is 7.09. The number of esters is 2. The lowest BCUT2D eigenvalue weighted by Crippen LogP contribution is -2.60. The molecule has 1 saturated carbocycles. The molecular weight excluding hydrogens is 472 g/mol. The number of aliphatic hydroxyl groups is 4. The lowest BCUT2D eigenvalue weighted by Gasteiger charge is -2.57. The van der Waals surface area contributed by atoms with Crippen LogP contribution in [-0.4, -0.2) is 89.0 Å². The molecule has 10 atom stereocenters. The molecule has 1 spiro atoms. The van der Waals surface area contributed by atoms with Crippen molar-refractivity contribution >= 4 is 11.9 Å². The predicted molar refractivity (Wildman–Crippen MR) is 123 cm³/mol. The van der Waals surface area contributed by atoms with Gasteiger partial charge in [-0.2, -0.15) is 0 Å². The zero-order valence-electron chi connectivity index (χ0n) is 20.7. The fourth-order valence-corrected chi connectivity index (χ4v) is 7.09. The maximum absolute atomic E-state index is 12.9. The van der Waals surface area contributed by atoms with Crippen molar-refractivity contribution in [1.29, 1.82) is 0 Å². The fraction of sp³-hybridized carbons (Fsp3) is 0.769. The van der Waals surface area contributed by atoms with Gasteiger partial charge in [-0.3, -0.25) is 0 Å². The maximum atomic E-state index is 12.9. The van der Waals surface area contributed by atoms with E-state index in [1.807, 2.05) is 6.08 Å². The van der Waals surface area contributed by atoms with Gasteiger partial charge >= 0.3 is 11.9 Å². The van der Waals surface area contributed by atoms with Crippen LogP contribution in [0.5, 0.6) is 0 Å². The summed E-state index contributed by atoms with van der Waals surface area (Å²) in [4.78, 5) is 24.9. The highest BCUT2D eigenvalue weighted by Gasteiger charge is 2.62. The Morgan fingerprint density at radius 2 is 1.89 bits per heavy atom. The van der Waals surface area contributed by atoms with Crippen molar-refractivity contribution in [2.24, 2.45) is 22.7 Å². The first-order valence-corrected chi connectivity index (χ1v) is 12.8. The van der Waals surface area contributed by atoms with Gasteiger partial charge in [0.05, 0.1) is 12.7 Å². The summed E-state index contributed by atoms with van der Waals surface area (Å²) >= 11 is 0. The second-order valence-corrected chi connectivity index (χ2v) is 11.2. The Morgan fingerprint density at radius 1 is 1.11 bits per heavy atom. The molecule has 1 unspecified atom stereocenters. The first-order chi connectivity index (χ1) is 17.1. The van der Waals surface area contributed by atoms with Gasteiger partial charge in [-0.05, 0) is 61.5 Å². The smallest absolute Gasteiger partial charge is 0.334 e. The van der Waals surface area contributed by atoms with Crippen molar-refractivity contribution in [3.63, 3.8) is 0 Å². The van der Waals surface area contributed by atoms with E-state index < -0.39 is 48.8 Å². The Kier molecular flexibility index (Phi) is 6.80. The van der Waals surface area contributed by atoms with Gasteiger partial charge in [0.15, 0.2) is 6.29 Å². The Balaban J connectivity index is 1.43. The molecule has 10 heteroatoms. The molecule has 0 aromatic carbocycles. The third-order valence-electron chi connectivity index (χ3n) is 9.55. The van der Waals surface area contributed by atoms with Gasteiger partial charge in [-0.15, -0.1) is 0 Å². The van der Waals surface area contributed by atoms with Gasteiger partial charge in [0.2, 0.25) is 0 Å². The summed E-state index contributed by atoms with van der Waals surface area (Å²) in [6.07, 6.45) is -0.406. The van der Waals surface area contributed by atoms with E-state index in [-0.39, 0.29) is 23.3 Å². The summed E-state index contributed by atoms with van der Waals surface area (Å²) in [5.41, 5.74) is 0.568. The summed E-state index contributed by atoms with van der Waals surface area (Å²) in [7, 11) is 0. The molecule has 3 fully saturated rings. The molecule has 10 nitrogen and oxygen atoms in total. The third kappa shape index (κ3) is 4.02. The average molecular weight is 509 g/mol. The topological polar surface area (TPSA) is 152 Å². The molecule has 5 aliphatic rings. The highest BCUT2D eigenvalue weighted by Crippen LogP contribution is 2.64. The Labute approximate surface area is 209 Å². The zero-order chi connectivity index (χ0) is 25.8. The van der Waals surface area contributed by atoms with E-state index in [4.69, 9.17) is 18.9 Å². The van der Waals surface area contributed by atoms with Crippen LogP contribution in [0.15, 0.2) is 23.3 Å². The molecular formula is C26H36O10. The summed E-state index contributed by atoms with van der Waals surface area (Å²) in [5.74, 6) is -0.340. The first-order valence-electron chi connectivity index (χ1n) is 12.8. The molecule has 0 aromatic heterocycles. The molecule has 4 N–H and O–H groups in total. The highest BCUT2D eigenvalue weighted by molar-refractivity contribution is 5.93. The van der Waals surface area contributed by atoms with Gasteiger partial charge in [-0.1, -0.05) is 13.8 Å². The van der Waals surface area contributed by atoms with Crippen molar-refractivity contribution in [2.75, 3.05) is 19.8 Å². The average Bonchev–Trinajstić information content (AvgIpc) is 3.43. The lowest BCUT2D eigenvalue weighted by molar-refractivity contribution is -0.310. The predicted octanol–water partition coefficient (Wildman–Crippen LogP) is 0.361. The molecule has 5 rings (SSSR count). The van der Waals surface area contributed by atoms with E-state index >= 15 is 0 Å². The molecule has 200 valence electrons. The number of ether oxygens (including phenoxy) is 4. The first kappa shape index (κ1) is 25.8. The standard InChI is InChI=1S/C26H36O10/c1-13-3-7-26-12-34-23(32)16(26)9-15(35-24-21(30)20(29)19(28)17(11-27)36-24)10-18(26)25(13,2)6-4-14-5-8-33-22(14)31/h5,9,13,15,17-21,24,27-30H,3-4,6-8,10-12H2,1-2H3/t13-,15-,17-,18?,19-,20+,21-,24-,25+,26-/m1/s1. The van der Waals surface area contributed by atoms with E-state index in [2.05, 4.69) is 13.8 Å². The van der Waals surface area contributed by atoms with Gasteiger partial charge in [-0.25, -0.2) is 9.59 Å². The van der Waals surface area contributed by atoms with Gasteiger partial charge in [0, 0.05) is 16.6 Å². The van der Waals surface area contributed by atoms with E-state index in [1.54, 1.807) is 6.08 Å². The van der Waals surface area contributed by atoms with Crippen LogP contribution in [0.3, 0.4) is 0 Å². The van der Waals surface area contributed by atoms with Crippen LogP contribution in [0.4, 0.5) is 0 Å². The second-order valence-electron chi connectivity index (χ2n) is 11.2. The SMILES string of the molecule is C[C@@H]1CC[C@@]23COC(=O)C2=C[C@@H](O[C@@H]2O[C@H](CO)[C@@H](O)[C@H](O)[C@H]2O)CC3[C@@]1(C)CCC1=CCOC1=O. The van der Waals surface area contributed by atoms with E-state index in [9.17, 15) is 30.0 Å². The monoisotopic (exact) mass is 508 g/mol. The highest BCUT2D eigenvalue weighted by atomic mass is 16.7. The van der Waals surface area contributed by atoms with Crippen LogP contribution in [-0.2, 0) is 28.5 Å². The summed E-state index contributed by atoms with van der Waals surface area (Å²) in [6.45, 7) is 4.47. The van der Waals surface area contributed by atoms with Crippen molar-refractivity contribution in [2.45, 2.75) is 82.8 Å². The molecule has 0 bridgehead atoms. The number of hydrogen-bond acceptors (Lipinski definition) is 10. The van der Waals surface area contributed by atoms with Crippen LogP contribution >= 0.6 is 0 Å². The van der Waals surface area contributed by atoms with E-state index in [0.717, 1.165) is 19.3 Å². The minimum atomic E-state index is -1.55. The number of aliphatic hydroxyl groups excluding tert-OH is 4. The molecule has 3 aliphatic heterocycles. The van der Waals surface area contributed by atoms with Crippen LogP contribution in [0.25, 0.3) is 0 Å². The molecule has 0 aromatic rings. The van der Waals surface area contributed by atoms with Crippen LogP contribution in [0, 0.1) is 22.7 Å². The summed E-state index contributed by atoms with van der Waals surface area (Å²) < 4.78 is 22.3. The third-order valence-corrected chi connectivity index (χ3v) is 9.55. The van der Waals surface area contributed by atoms with Crippen LogP contribution < -0.4 is 0 Å². The number of cyclic esters (lactones) is 2. The van der Waals surface area contributed by atoms with Gasteiger partial charge in [0.25, 0.3) is 0 Å². The minimum Gasteiger partial charge on any atom is -0.461 e. The number of rotatable bonds is 6. The van der Waals surface area contributed by atoms with Crippen LogP contribution in [0.2, 0.25) is 0 Å². The number of carbonyl (C=O) groups excluding carboxylic acids is 2. The Morgan fingerprint density at radius 3 is 2.58 bits per heavy atom. The van der Waals surface area contributed by atoms with E-state index in [0.29, 0.717) is 43.1 Å². The quantitative estimate of drug-likeness (QED) is 0.370. The molecule has 3 heterocycles. The molecule has 0 amide bonds. The molecule has 2 aliphatic carbocycles. The van der Waals surface area contributed by atoms with Crippen molar-refractivity contribution in [1.82, 2.24) is 0 Å². The Hall–Kier alpha value is -1.82. The van der Waals surface area contributed by atoms with Crippen molar-refractivity contribution < 1.29 is 49.0 Å². The number of carbonyl (C=O) groups is 2. The second kappa shape index (κ2) is 9.49. The normalized spacial score (nSPS) is 46.4. The molecule has 36 heavy (non-hydrogen) atoms. The van der Waals surface area contributed by atoms with Gasteiger partial charge in [0.1, 0.15) is 37.6 Å². The van der Waals surface area contributed by atoms with Gasteiger partial charge < -0.3 is 39.4 Å². The zero-order valence-corrected chi connectivity index (χ0v) is 20.7. The molecule has 2 saturated heterocycles.